The van der Waals surface area contributed by atoms with Gasteiger partial charge in [0.1, 0.15) is 0 Å². The van der Waals surface area contributed by atoms with Crippen molar-refractivity contribution in [1.82, 2.24) is 0 Å². The Morgan fingerprint density at radius 1 is 1.33 bits per heavy atom. The van der Waals surface area contributed by atoms with Crippen molar-refractivity contribution in [3.8, 4) is 0 Å². The zero-order chi connectivity index (χ0) is 8.81. The fourth-order valence-electron chi connectivity index (χ4n) is 1.79. The van der Waals surface area contributed by atoms with E-state index >= 15 is 0 Å². The molecule has 0 aliphatic heterocycles. The van der Waals surface area contributed by atoms with Crippen molar-refractivity contribution in [3.05, 3.63) is 12.2 Å². The Morgan fingerprint density at radius 3 is 2.75 bits per heavy atom. The number of aliphatic hydroxyl groups excluding tert-OH is 1. The molecule has 2 atom stereocenters. The normalized spacial score (nSPS) is 28.2. The predicted octanol–water partition coefficient (Wildman–Crippen LogP) is 2.89. The Morgan fingerprint density at radius 2 is 2.17 bits per heavy atom. The molecule has 0 saturated carbocycles. The molecule has 12 heavy (non-hydrogen) atoms. The highest BCUT2D eigenvalue weighted by Crippen LogP contribution is 2.23. The maximum absolute atomic E-state index is 9.48. The van der Waals surface area contributed by atoms with Crippen LogP contribution < -0.4 is 0 Å². The van der Waals surface area contributed by atoms with Gasteiger partial charge in [-0.15, -0.1) is 0 Å². The first-order valence-corrected chi connectivity index (χ1v) is 5.19. The van der Waals surface area contributed by atoms with Gasteiger partial charge in [0.15, 0.2) is 0 Å². The van der Waals surface area contributed by atoms with Crippen LogP contribution in [0.4, 0.5) is 0 Å². The quantitative estimate of drug-likeness (QED) is 0.494. The summed E-state index contributed by atoms with van der Waals surface area (Å²) in [5.74, 6) is 0.460. The van der Waals surface area contributed by atoms with E-state index in [-0.39, 0.29) is 6.10 Å². The third kappa shape index (κ3) is 2.98. The highest BCUT2D eigenvalue weighted by molar-refractivity contribution is 5.01. The zero-order valence-corrected chi connectivity index (χ0v) is 8.00. The molecule has 0 spiro atoms. The molecular weight excluding hydrogens is 148 g/mol. The largest absolute Gasteiger partial charge is 0.392 e. The summed E-state index contributed by atoms with van der Waals surface area (Å²) in [5, 5.41) is 9.48. The maximum Gasteiger partial charge on any atom is 0.0637 e. The molecule has 0 amide bonds. The minimum Gasteiger partial charge on any atom is -0.392 e. The van der Waals surface area contributed by atoms with E-state index in [2.05, 4.69) is 19.1 Å². The van der Waals surface area contributed by atoms with Crippen LogP contribution in [-0.2, 0) is 0 Å². The first-order chi connectivity index (χ1) is 5.84. The maximum atomic E-state index is 9.48. The summed E-state index contributed by atoms with van der Waals surface area (Å²) in [6.07, 6.45) is 11.5. The topological polar surface area (TPSA) is 20.2 Å². The minimum absolute atomic E-state index is 0.0772. The van der Waals surface area contributed by atoms with E-state index in [4.69, 9.17) is 0 Å². The van der Waals surface area contributed by atoms with Gasteiger partial charge >= 0.3 is 0 Å². The summed E-state index contributed by atoms with van der Waals surface area (Å²) in [6, 6.07) is 0. The average Bonchev–Trinajstić information content (AvgIpc) is 2.46. The Balaban J connectivity index is 2.02. The Labute approximate surface area is 75.5 Å². The van der Waals surface area contributed by atoms with E-state index in [1.165, 1.54) is 32.1 Å². The molecule has 1 rings (SSSR count). The molecular formula is C11H20O. The van der Waals surface area contributed by atoms with E-state index in [1.807, 2.05) is 0 Å². The van der Waals surface area contributed by atoms with Gasteiger partial charge in [-0.1, -0.05) is 44.8 Å². The molecule has 0 heterocycles. The van der Waals surface area contributed by atoms with Gasteiger partial charge in [0.05, 0.1) is 6.10 Å². The first-order valence-electron chi connectivity index (χ1n) is 5.19. The fourth-order valence-corrected chi connectivity index (χ4v) is 1.79. The summed E-state index contributed by atoms with van der Waals surface area (Å²) in [4.78, 5) is 0. The average molecular weight is 168 g/mol. The van der Waals surface area contributed by atoms with E-state index in [0.29, 0.717) is 5.92 Å². The highest BCUT2D eigenvalue weighted by Gasteiger charge is 2.18. The van der Waals surface area contributed by atoms with E-state index < -0.39 is 0 Å². The summed E-state index contributed by atoms with van der Waals surface area (Å²) in [7, 11) is 0. The van der Waals surface area contributed by atoms with Gasteiger partial charge in [-0.2, -0.15) is 0 Å². The third-order valence-corrected chi connectivity index (χ3v) is 2.65. The smallest absolute Gasteiger partial charge is 0.0637 e. The zero-order valence-electron chi connectivity index (χ0n) is 8.00. The van der Waals surface area contributed by atoms with Crippen LogP contribution in [0.25, 0.3) is 0 Å². The van der Waals surface area contributed by atoms with Crippen LogP contribution in [0, 0.1) is 5.92 Å². The van der Waals surface area contributed by atoms with Gasteiger partial charge in [0.25, 0.3) is 0 Å². The van der Waals surface area contributed by atoms with Gasteiger partial charge in [0, 0.05) is 5.92 Å². The van der Waals surface area contributed by atoms with Gasteiger partial charge in [0.2, 0.25) is 0 Å². The molecule has 0 bridgehead atoms. The molecule has 1 aliphatic carbocycles. The number of hydrogen-bond donors (Lipinski definition) is 1. The van der Waals surface area contributed by atoms with Crippen LogP contribution in [-0.4, -0.2) is 11.2 Å². The Kier molecular flexibility index (Phi) is 4.37. The van der Waals surface area contributed by atoms with E-state index in [1.54, 1.807) is 0 Å². The molecule has 1 nitrogen and oxygen atoms in total. The SMILES string of the molecule is CCCCCC[C@@H]1C=CC[C@H]1O. The van der Waals surface area contributed by atoms with Gasteiger partial charge in [-0.3, -0.25) is 0 Å². The van der Waals surface area contributed by atoms with Gasteiger partial charge in [-0.25, -0.2) is 0 Å². The third-order valence-electron chi connectivity index (χ3n) is 2.65. The summed E-state index contributed by atoms with van der Waals surface area (Å²) in [6.45, 7) is 2.23. The van der Waals surface area contributed by atoms with Crippen LogP contribution in [0.1, 0.15) is 45.4 Å². The van der Waals surface area contributed by atoms with Gasteiger partial charge < -0.3 is 5.11 Å². The second-order valence-electron chi connectivity index (χ2n) is 3.74. The van der Waals surface area contributed by atoms with Crippen LogP contribution in [0.2, 0.25) is 0 Å². The summed E-state index contributed by atoms with van der Waals surface area (Å²) >= 11 is 0. The summed E-state index contributed by atoms with van der Waals surface area (Å²) in [5.41, 5.74) is 0. The highest BCUT2D eigenvalue weighted by atomic mass is 16.3. The Hall–Kier alpha value is -0.300. The standard InChI is InChI=1S/C11H20O/c1-2-3-4-5-7-10-8-6-9-11(10)12/h6,8,10-12H,2-5,7,9H2,1H3/t10-,11-/m1/s1. The van der Waals surface area contributed by atoms with Crippen LogP contribution in [0.15, 0.2) is 12.2 Å². The number of rotatable bonds is 5. The summed E-state index contributed by atoms with van der Waals surface area (Å²) < 4.78 is 0. The molecule has 0 radical (unpaired) electrons. The molecule has 70 valence electrons. The second kappa shape index (κ2) is 5.36. The number of hydrogen-bond acceptors (Lipinski definition) is 1. The molecule has 0 saturated heterocycles. The van der Waals surface area contributed by atoms with Crippen LogP contribution in [0.5, 0.6) is 0 Å². The van der Waals surface area contributed by atoms with Crippen LogP contribution in [0.3, 0.4) is 0 Å². The van der Waals surface area contributed by atoms with Gasteiger partial charge in [-0.05, 0) is 12.8 Å². The lowest BCUT2D eigenvalue weighted by molar-refractivity contribution is 0.137. The first kappa shape index (κ1) is 9.79. The lowest BCUT2D eigenvalue weighted by atomic mass is 9.98. The van der Waals surface area contributed by atoms with E-state index in [0.717, 1.165) is 6.42 Å². The molecule has 1 aliphatic rings. The molecule has 0 aromatic heterocycles. The second-order valence-corrected chi connectivity index (χ2v) is 3.74. The Bertz CT molecular complexity index is 140. The fraction of sp³-hybridized carbons (Fsp3) is 0.818. The van der Waals surface area contributed by atoms with Crippen molar-refractivity contribution < 1.29 is 5.11 Å². The van der Waals surface area contributed by atoms with Crippen LogP contribution >= 0.6 is 0 Å². The predicted molar refractivity (Wildman–Crippen MR) is 52.0 cm³/mol. The lowest BCUT2D eigenvalue weighted by Crippen LogP contribution is -2.12. The molecule has 1 N–H and O–H groups in total. The van der Waals surface area contributed by atoms with Crippen molar-refractivity contribution in [2.75, 3.05) is 0 Å². The number of aliphatic hydroxyl groups is 1. The number of unbranched alkanes of at least 4 members (excludes halogenated alkanes) is 3. The lowest BCUT2D eigenvalue weighted by Gasteiger charge is -2.12. The van der Waals surface area contributed by atoms with Crippen molar-refractivity contribution in [2.45, 2.75) is 51.6 Å². The van der Waals surface area contributed by atoms with Crippen molar-refractivity contribution in [1.29, 1.82) is 0 Å². The molecule has 0 aromatic carbocycles. The van der Waals surface area contributed by atoms with Crippen molar-refractivity contribution in [2.24, 2.45) is 5.92 Å². The molecule has 0 aromatic rings. The van der Waals surface area contributed by atoms with Crippen molar-refractivity contribution >= 4 is 0 Å². The molecule has 0 fully saturated rings. The molecule has 1 heteroatoms. The van der Waals surface area contributed by atoms with Crippen molar-refractivity contribution in [3.63, 3.8) is 0 Å². The monoisotopic (exact) mass is 168 g/mol. The van der Waals surface area contributed by atoms with E-state index in [9.17, 15) is 5.11 Å². The molecule has 0 unspecified atom stereocenters. The minimum atomic E-state index is -0.0772.